The molecule has 146 valence electrons. The smallest absolute Gasteiger partial charge is 0.207 e. The van der Waals surface area contributed by atoms with Gasteiger partial charge in [-0.2, -0.15) is 4.80 Å². The van der Waals surface area contributed by atoms with E-state index in [1.54, 1.807) is 13.1 Å². The van der Waals surface area contributed by atoms with E-state index in [0.29, 0.717) is 22.8 Å². The summed E-state index contributed by atoms with van der Waals surface area (Å²) in [6, 6.07) is 21.7. The van der Waals surface area contributed by atoms with Crippen molar-refractivity contribution >= 4 is 22.1 Å². The van der Waals surface area contributed by atoms with Crippen molar-refractivity contribution in [1.29, 1.82) is 0 Å². The maximum Gasteiger partial charge on any atom is 0.207 e. The van der Waals surface area contributed by atoms with E-state index in [0.717, 1.165) is 11.4 Å². The van der Waals surface area contributed by atoms with E-state index in [1.807, 2.05) is 54.6 Å². The van der Waals surface area contributed by atoms with Crippen LogP contribution < -0.4 is 10.1 Å². The third-order valence-electron chi connectivity index (χ3n) is 4.06. The summed E-state index contributed by atoms with van der Waals surface area (Å²) in [6.45, 7) is 0. The normalized spacial score (nSPS) is 10.8. The molecule has 4 rings (SSSR count). The first-order valence-corrected chi connectivity index (χ1v) is 9.89. The Morgan fingerprint density at radius 1 is 0.931 bits per heavy atom. The molecule has 0 aliphatic heterocycles. The molecule has 0 aliphatic rings. The van der Waals surface area contributed by atoms with Crippen LogP contribution in [0.2, 0.25) is 0 Å². The largest absolute Gasteiger partial charge is 0.457 e. The van der Waals surface area contributed by atoms with Crippen molar-refractivity contribution < 1.29 is 13.2 Å². The molecule has 1 aromatic heterocycles. The summed E-state index contributed by atoms with van der Waals surface area (Å²) in [5.41, 5.74) is 1.95. The Hall–Kier alpha value is -3.72. The maximum absolute atomic E-state index is 11.4. The second-order valence-electron chi connectivity index (χ2n) is 6.16. The monoisotopic (exact) mass is 407 g/mol. The molecule has 0 saturated heterocycles. The van der Waals surface area contributed by atoms with Crippen LogP contribution in [0.1, 0.15) is 0 Å². The molecule has 8 nitrogen and oxygen atoms in total. The quantitative estimate of drug-likeness (QED) is 0.473. The first-order chi connectivity index (χ1) is 14.1. The lowest BCUT2D eigenvalue weighted by Gasteiger charge is -2.12. The second kappa shape index (κ2) is 8.11. The molecule has 0 unspecified atom stereocenters. The highest BCUT2D eigenvalue weighted by Crippen LogP contribution is 2.31. The minimum absolute atomic E-state index is 0.175. The number of aryl methyl sites for hydroxylation is 1. The van der Waals surface area contributed by atoms with Crippen LogP contribution >= 0.6 is 0 Å². The predicted octanol–water partition coefficient (Wildman–Crippen LogP) is 3.38. The zero-order valence-corrected chi connectivity index (χ0v) is 16.3. The van der Waals surface area contributed by atoms with E-state index < -0.39 is 10.7 Å². The molecule has 0 amide bonds. The number of benzene rings is 3. The van der Waals surface area contributed by atoms with Gasteiger partial charge in [-0.05, 0) is 47.7 Å². The number of anilines is 2. The minimum Gasteiger partial charge on any atom is -0.457 e. The Morgan fingerprint density at radius 2 is 1.72 bits per heavy atom. The van der Waals surface area contributed by atoms with Crippen LogP contribution in [0, 0.1) is 0 Å². The van der Waals surface area contributed by atoms with Gasteiger partial charge in [-0.15, -0.1) is 10.2 Å². The summed E-state index contributed by atoms with van der Waals surface area (Å²) < 4.78 is 28.7. The topological polar surface area (TPSA) is 99.0 Å². The van der Waals surface area contributed by atoms with Crippen molar-refractivity contribution in [3.05, 3.63) is 72.8 Å². The number of thiol groups is 1. The fourth-order valence-corrected chi connectivity index (χ4v) is 3.18. The van der Waals surface area contributed by atoms with Gasteiger partial charge in [0.15, 0.2) is 10.7 Å². The molecule has 3 aromatic carbocycles. The Bertz CT molecular complexity index is 1210. The van der Waals surface area contributed by atoms with E-state index in [2.05, 4.69) is 20.7 Å². The molecule has 0 spiro atoms. The van der Waals surface area contributed by atoms with Crippen molar-refractivity contribution in [2.24, 2.45) is 7.05 Å². The van der Waals surface area contributed by atoms with Gasteiger partial charge in [0.2, 0.25) is 5.82 Å². The number of para-hydroxylation sites is 1. The van der Waals surface area contributed by atoms with Gasteiger partial charge in [0.25, 0.3) is 0 Å². The molecular weight excluding hydrogens is 390 g/mol. The van der Waals surface area contributed by atoms with E-state index in [4.69, 9.17) is 4.74 Å². The molecule has 0 bridgehead atoms. The van der Waals surface area contributed by atoms with Crippen LogP contribution in [-0.4, -0.2) is 28.6 Å². The van der Waals surface area contributed by atoms with Crippen molar-refractivity contribution in [3.63, 3.8) is 0 Å². The van der Waals surface area contributed by atoms with Gasteiger partial charge in [0, 0.05) is 23.0 Å². The van der Waals surface area contributed by atoms with E-state index >= 15 is 0 Å². The van der Waals surface area contributed by atoms with Crippen LogP contribution in [0.3, 0.4) is 0 Å². The summed E-state index contributed by atoms with van der Waals surface area (Å²) in [5.74, 6) is 1.72. The average molecular weight is 407 g/mol. The highest BCUT2D eigenvalue weighted by atomic mass is 32.2. The molecular formula is C20H17N5O3S. The molecule has 0 radical (unpaired) electrons. The second-order valence-corrected chi connectivity index (χ2v) is 7.19. The minimum atomic E-state index is -2.73. The maximum atomic E-state index is 11.4. The Labute approximate surface area is 168 Å². The molecule has 0 atom stereocenters. The molecule has 0 fully saturated rings. The fraction of sp³-hybridized carbons (Fsp3) is 0.0500. The number of tetrazole rings is 1. The fourth-order valence-electron chi connectivity index (χ4n) is 2.75. The van der Waals surface area contributed by atoms with Crippen LogP contribution in [-0.2, 0) is 17.8 Å². The van der Waals surface area contributed by atoms with Crippen molar-refractivity contribution in [3.8, 4) is 22.9 Å². The van der Waals surface area contributed by atoms with Gasteiger partial charge in [-0.3, -0.25) is 0 Å². The highest BCUT2D eigenvalue weighted by molar-refractivity contribution is 7.72. The van der Waals surface area contributed by atoms with Crippen molar-refractivity contribution in [1.82, 2.24) is 20.2 Å². The van der Waals surface area contributed by atoms with Crippen LogP contribution in [0.4, 0.5) is 11.4 Å². The Kier molecular flexibility index (Phi) is 5.21. The zero-order valence-electron chi connectivity index (χ0n) is 15.4. The third-order valence-corrected chi connectivity index (χ3v) is 4.75. The van der Waals surface area contributed by atoms with Crippen molar-refractivity contribution in [2.75, 3.05) is 5.32 Å². The summed E-state index contributed by atoms with van der Waals surface area (Å²) in [5, 5.41) is 15.3. The number of rotatable bonds is 6. The molecule has 0 saturated carbocycles. The van der Waals surface area contributed by atoms with Gasteiger partial charge < -0.3 is 10.1 Å². The number of ether oxygens (including phenoxy) is 1. The van der Waals surface area contributed by atoms with Gasteiger partial charge in [-0.25, -0.2) is 8.42 Å². The van der Waals surface area contributed by atoms with E-state index in [-0.39, 0.29) is 4.90 Å². The van der Waals surface area contributed by atoms with Crippen LogP contribution in [0.5, 0.6) is 11.5 Å². The van der Waals surface area contributed by atoms with Crippen molar-refractivity contribution in [2.45, 2.75) is 4.90 Å². The van der Waals surface area contributed by atoms with Gasteiger partial charge in [-0.1, -0.05) is 24.3 Å². The summed E-state index contributed by atoms with van der Waals surface area (Å²) in [4.78, 5) is 1.49. The van der Waals surface area contributed by atoms with E-state index in [1.165, 1.54) is 16.9 Å². The number of hydrogen-bond donors (Lipinski definition) is 2. The Morgan fingerprint density at radius 3 is 2.45 bits per heavy atom. The first-order valence-electron chi connectivity index (χ1n) is 8.71. The summed E-state index contributed by atoms with van der Waals surface area (Å²) >= 11 is 0. The predicted molar refractivity (Wildman–Crippen MR) is 109 cm³/mol. The SMILES string of the molecule is Cn1nnc(-c2cc([SH](=O)=O)ccc2Nc2cccc(Oc3ccccc3)c2)n1. The number of nitrogens with one attached hydrogen (secondary N) is 1. The lowest BCUT2D eigenvalue weighted by atomic mass is 10.1. The van der Waals surface area contributed by atoms with Crippen LogP contribution in [0.25, 0.3) is 11.4 Å². The lowest BCUT2D eigenvalue weighted by Crippen LogP contribution is -1.97. The first kappa shape index (κ1) is 18.6. The molecule has 1 heterocycles. The van der Waals surface area contributed by atoms with Gasteiger partial charge in [0.05, 0.1) is 11.9 Å². The molecule has 1 N–H and O–H groups in total. The highest BCUT2D eigenvalue weighted by Gasteiger charge is 2.13. The van der Waals surface area contributed by atoms with Gasteiger partial charge >= 0.3 is 0 Å². The number of nitrogens with zero attached hydrogens (tertiary/aromatic N) is 4. The van der Waals surface area contributed by atoms with Gasteiger partial charge in [0.1, 0.15) is 11.5 Å². The molecule has 4 aromatic rings. The molecule has 9 heteroatoms. The van der Waals surface area contributed by atoms with E-state index in [9.17, 15) is 8.42 Å². The Balaban J connectivity index is 1.66. The zero-order chi connectivity index (χ0) is 20.2. The summed E-state index contributed by atoms with van der Waals surface area (Å²) in [6.07, 6.45) is 0. The number of hydrogen-bond acceptors (Lipinski definition) is 7. The average Bonchev–Trinajstić information content (AvgIpc) is 3.15. The molecule has 29 heavy (non-hydrogen) atoms. The number of aromatic nitrogens is 4. The molecule has 0 aliphatic carbocycles. The lowest BCUT2D eigenvalue weighted by molar-refractivity contribution is 0.483. The summed E-state index contributed by atoms with van der Waals surface area (Å²) in [7, 11) is -1.09. The standard InChI is InChI=1S/C20H17N5O3S/c1-25-23-20(22-24-25)18-13-17(29(26)27)10-11-19(18)21-14-6-5-9-16(12-14)28-15-7-3-2-4-8-15/h2-13,21,29H,1H3. The third kappa shape index (κ3) is 4.41. The van der Waals surface area contributed by atoms with Crippen LogP contribution in [0.15, 0.2) is 77.7 Å².